The van der Waals surface area contributed by atoms with E-state index in [1.165, 1.54) is 0 Å². The second kappa shape index (κ2) is 7.07. The zero-order valence-electron chi connectivity index (χ0n) is 12.8. The van der Waals surface area contributed by atoms with E-state index in [-0.39, 0.29) is 6.03 Å². The predicted molar refractivity (Wildman–Crippen MR) is 100 cm³/mol. The summed E-state index contributed by atoms with van der Waals surface area (Å²) in [6, 6.07) is 14.2. The van der Waals surface area contributed by atoms with Crippen LogP contribution in [0.3, 0.4) is 0 Å². The fourth-order valence-electron chi connectivity index (χ4n) is 2.25. The fraction of sp³-hybridized carbons (Fsp3) is 0.0588. The normalized spacial score (nSPS) is 10.5. The third-order valence-corrected chi connectivity index (χ3v) is 4.21. The lowest BCUT2D eigenvalue weighted by Gasteiger charge is -2.09. The summed E-state index contributed by atoms with van der Waals surface area (Å²) in [5.41, 5.74) is 2.93. The zero-order chi connectivity index (χ0) is 17.1. The Hall–Kier alpha value is -2.31. The molecule has 0 unspecified atom stereocenters. The van der Waals surface area contributed by atoms with Crippen LogP contribution in [0.15, 0.2) is 59.2 Å². The number of hydrogen-bond donors (Lipinski definition) is 2. The van der Waals surface area contributed by atoms with Gasteiger partial charge in [-0.05, 0) is 40.2 Å². The molecule has 2 amide bonds. The molecule has 0 aliphatic carbocycles. The highest BCUT2D eigenvalue weighted by Crippen LogP contribution is 2.28. The summed E-state index contributed by atoms with van der Waals surface area (Å²) in [6.45, 7) is 0. The molecule has 0 spiro atoms. The number of carbonyl (C=O) groups is 1. The van der Waals surface area contributed by atoms with Gasteiger partial charge in [0.25, 0.3) is 0 Å². The van der Waals surface area contributed by atoms with Gasteiger partial charge in [-0.2, -0.15) is 5.10 Å². The molecule has 3 aromatic rings. The molecule has 0 aliphatic heterocycles. The molecule has 0 aliphatic rings. The zero-order valence-corrected chi connectivity index (χ0v) is 15.1. The maximum Gasteiger partial charge on any atom is 0.323 e. The van der Waals surface area contributed by atoms with Gasteiger partial charge < -0.3 is 10.6 Å². The van der Waals surface area contributed by atoms with Crippen LogP contribution in [-0.4, -0.2) is 15.8 Å². The SMILES string of the molecule is Cn1cc(Br)c(-c2cccc(NC(=O)Nc3ccccc3Cl)c2)n1. The van der Waals surface area contributed by atoms with Crippen molar-refractivity contribution in [1.82, 2.24) is 9.78 Å². The van der Waals surface area contributed by atoms with Gasteiger partial charge in [-0.1, -0.05) is 35.9 Å². The molecule has 1 heterocycles. The van der Waals surface area contributed by atoms with Crippen LogP contribution in [0.1, 0.15) is 0 Å². The molecular formula is C17H14BrClN4O. The van der Waals surface area contributed by atoms with Gasteiger partial charge >= 0.3 is 6.03 Å². The second-order valence-corrected chi connectivity index (χ2v) is 6.40. The van der Waals surface area contributed by atoms with Gasteiger partial charge in [-0.3, -0.25) is 4.68 Å². The number of anilines is 2. The average Bonchev–Trinajstić information content (AvgIpc) is 2.88. The van der Waals surface area contributed by atoms with E-state index in [0.717, 1.165) is 15.7 Å². The Labute approximate surface area is 152 Å². The van der Waals surface area contributed by atoms with Crippen molar-refractivity contribution in [3.8, 4) is 11.3 Å². The van der Waals surface area contributed by atoms with Crippen molar-refractivity contribution in [2.24, 2.45) is 7.05 Å². The second-order valence-electron chi connectivity index (χ2n) is 5.14. The van der Waals surface area contributed by atoms with Crippen molar-refractivity contribution in [3.63, 3.8) is 0 Å². The third-order valence-electron chi connectivity index (χ3n) is 3.30. The molecule has 0 fully saturated rings. The molecule has 24 heavy (non-hydrogen) atoms. The number of nitrogens with zero attached hydrogens (tertiary/aromatic N) is 2. The van der Waals surface area contributed by atoms with E-state index in [9.17, 15) is 4.79 Å². The number of para-hydroxylation sites is 1. The van der Waals surface area contributed by atoms with Gasteiger partial charge in [0.15, 0.2) is 0 Å². The molecule has 0 atom stereocenters. The van der Waals surface area contributed by atoms with Gasteiger partial charge in [-0.25, -0.2) is 4.79 Å². The largest absolute Gasteiger partial charge is 0.323 e. The number of hydrogen-bond acceptors (Lipinski definition) is 2. The average molecular weight is 406 g/mol. The topological polar surface area (TPSA) is 59.0 Å². The van der Waals surface area contributed by atoms with Gasteiger partial charge in [0, 0.05) is 24.5 Å². The number of aryl methyl sites for hydroxylation is 1. The minimum atomic E-state index is -0.361. The van der Waals surface area contributed by atoms with E-state index in [0.29, 0.717) is 16.4 Å². The number of urea groups is 1. The molecule has 5 nitrogen and oxygen atoms in total. The maximum atomic E-state index is 12.1. The number of halogens is 2. The quantitative estimate of drug-likeness (QED) is 0.633. The van der Waals surface area contributed by atoms with E-state index in [1.807, 2.05) is 37.5 Å². The van der Waals surface area contributed by atoms with Gasteiger partial charge in [-0.15, -0.1) is 0 Å². The van der Waals surface area contributed by atoms with Crippen molar-refractivity contribution in [3.05, 3.63) is 64.2 Å². The lowest BCUT2D eigenvalue weighted by molar-refractivity contribution is 0.262. The molecule has 7 heteroatoms. The van der Waals surface area contributed by atoms with E-state index in [4.69, 9.17) is 11.6 Å². The van der Waals surface area contributed by atoms with Crippen molar-refractivity contribution in [1.29, 1.82) is 0 Å². The summed E-state index contributed by atoms with van der Waals surface area (Å²) >= 11 is 9.52. The van der Waals surface area contributed by atoms with Crippen LogP contribution in [0.25, 0.3) is 11.3 Å². The predicted octanol–water partition coefficient (Wildman–Crippen LogP) is 5.15. The summed E-state index contributed by atoms with van der Waals surface area (Å²) in [4.78, 5) is 12.1. The first-order chi connectivity index (χ1) is 11.5. The lowest BCUT2D eigenvalue weighted by atomic mass is 10.1. The summed E-state index contributed by atoms with van der Waals surface area (Å²) in [5, 5.41) is 10.4. The smallest absolute Gasteiger partial charge is 0.308 e. The van der Waals surface area contributed by atoms with Gasteiger partial charge in [0.05, 0.1) is 15.2 Å². The molecule has 0 saturated heterocycles. The van der Waals surface area contributed by atoms with Crippen LogP contribution in [-0.2, 0) is 7.05 Å². The fourth-order valence-corrected chi connectivity index (χ4v) is 3.03. The highest BCUT2D eigenvalue weighted by Gasteiger charge is 2.10. The van der Waals surface area contributed by atoms with Crippen molar-refractivity contribution >= 4 is 44.9 Å². The lowest BCUT2D eigenvalue weighted by Crippen LogP contribution is -2.19. The van der Waals surface area contributed by atoms with Crippen molar-refractivity contribution in [2.45, 2.75) is 0 Å². The van der Waals surface area contributed by atoms with Crippen LogP contribution >= 0.6 is 27.5 Å². The first-order valence-corrected chi connectivity index (χ1v) is 8.32. The van der Waals surface area contributed by atoms with Crippen LogP contribution < -0.4 is 10.6 Å². The highest BCUT2D eigenvalue weighted by molar-refractivity contribution is 9.10. The highest BCUT2D eigenvalue weighted by atomic mass is 79.9. The Kier molecular flexibility index (Phi) is 4.87. The van der Waals surface area contributed by atoms with E-state index < -0.39 is 0 Å². The minimum absolute atomic E-state index is 0.361. The molecular weight excluding hydrogens is 392 g/mol. The molecule has 122 valence electrons. The Morgan fingerprint density at radius 3 is 2.67 bits per heavy atom. The molecule has 0 bridgehead atoms. The number of carbonyl (C=O) groups excluding carboxylic acids is 1. The number of aromatic nitrogens is 2. The molecule has 1 aromatic heterocycles. The number of rotatable bonds is 3. The van der Waals surface area contributed by atoms with Gasteiger partial charge in [0.1, 0.15) is 5.69 Å². The summed E-state index contributed by atoms with van der Waals surface area (Å²) in [6.07, 6.45) is 1.87. The third kappa shape index (κ3) is 3.77. The first-order valence-electron chi connectivity index (χ1n) is 7.15. The monoisotopic (exact) mass is 404 g/mol. The van der Waals surface area contributed by atoms with E-state index >= 15 is 0 Å². The number of amides is 2. The van der Waals surface area contributed by atoms with Crippen LogP contribution in [0.2, 0.25) is 5.02 Å². The molecule has 0 radical (unpaired) electrons. The Bertz CT molecular complexity index is 894. The van der Waals surface area contributed by atoms with Crippen molar-refractivity contribution in [2.75, 3.05) is 10.6 Å². The molecule has 0 saturated carbocycles. The number of nitrogens with one attached hydrogen (secondary N) is 2. The van der Waals surface area contributed by atoms with Crippen LogP contribution in [0, 0.1) is 0 Å². The molecule has 3 rings (SSSR count). The Morgan fingerprint density at radius 2 is 1.96 bits per heavy atom. The Balaban J connectivity index is 1.76. The molecule has 2 aromatic carbocycles. The summed E-state index contributed by atoms with van der Waals surface area (Å²) in [7, 11) is 1.85. The Morgan fingerprint density at radius 1 is 1.17 bits per heavy atom. The molecule has 2 N–H and O–H groups in total. The van der Waals surface area contributed by atoms with Crippen molar-refractivity contribution < 1.29 is 4.79 Å². The van der Waals surface area contributed by atoms with Crippen LogP contribution in [0.4, 0.5) is 16.2 Å². The summed E-state index contributed by atoms with van der Waals surface area (Å²) < 4.78 is 2.62. The maximum absolute atomic E-state index is 12.1. The number of benzene rings is 2. The first kappa shape index (κ1) is 16.5. The summed E-state index contributed by atoms with van der Waals surface area (Å²) in [5.74, 6) is 0. The van der Waals surface area contributed by atoms with Crippen LogP contribution in [0.5, 0.6) is 0 Å². The minimum Gasteiger partial charge on any atom is -0.308 e. The van der Waals surface area contributed by atoms with Gasteiger partial charge in [0.2, 0.25) is 0 Å². The standard InChI is InChI=1S/C17H14BrClN4O/c1-23-10-13(18)16(22-23)11-5-4-6-12(9-11)20-17(24)21-15-8-3-2-7-14(15)19/h2-10H,1H3,(H2,20,21,24). The van der Waals surface area contributed by atoms with E-state index in [1.54, 1.807) is 28.9 Å². The van der Waals surface area contributed by atoms with E-state index in [2.05, 4.69) is 31.7 Å².